The Morgan fingerprint density at radius 3 is 1.96 bits per heavy atom. The summed E-state index contributed by atoms with van der Waals surface area (Å²) in [4.78, 5) is 48.6. The van der Waals surface area contributed by atoms with Gasteiger partial charge in [-0.3, -0.25) is 14.4 Å². The number of hydrogen-bond donors (Lipinski definition) is 1. The first-order chi connectivity index (χ1) is 12.9. The molecule has 0 fully saturated rings. The van der Waals surface area contributed by atoms with Crippen LogP contribution in [0.5, 0.6) is 0 Å². The van der Waals surface area contributed by atoms with E-state index >= 15 is 0 Å². The van der Waals surface area contributed by atoms with Crippen LogP contribution < -0.4 is 5.32 Å². The molecule has 9 nitrogen and oxygen atoms in total. The normalized spacial score (nSPS) is 13.6. The molecule has 1 N–H and O–H groups in total. The summed E-state index contributed by atoms with van der Waals surface area (Å²) in [6.45, 7) is 0. The van der Waals surface area contributed by atoms with Crippen LogP contribution in [0.3, 0.4) is 0 Å². The molecule has 0 spiro atoms. The highest BCUT2D eigenvalue weighted by atomic mass is 16.5. The standard InChI is InChI=1S/C18H23NO8/c1-24-13(20)10-12(17(22)26-3)14(18(23)27-4)19-16(21)15(25-2)11-8-6-5-7-9-11/h5-9,12,14-15H,10H2,1-4H3,(H,19,21)/t12-,14-,15-/m1/s1. The minimum atomic E-state index is -1.46. The van der Waals surface area contributed by atoms with Crippen LogP contribution in [0.25, 0.3) is 0 Å². The predicted molar refractivity (Wildman–Crippen MR) is 92.3 cm³/mol. The molecule has 3 atom stereocenters. The van der Waals surface area contributed by atoms with Gasteiger partial charge in [0.2, 0.25) is 0 Å². The quantitative estimate of drug-likeness (QED) is 0.482. The number of esters is 3. The Balaban J connectivity index is 3.13. The zero-order valence-electron chi connectivity index (χ0n) is 15.6. The third-order valence-corrected chi connectivity index (χ3v) is 3.85. The van der Waals surface area contributed by atoms with Crippen molar-refractivity contribution in [3.05, 3.63) is 35.9 Å². The van der Waals surface area contributed by atoms with Gasteiger partial charge in [0.15, 0.2) is 6.10 Å². The zero-order valence-corrected chi connectivity index (χ0v) is 15.6. The predicted octanol–water partition coefficient (Wildman–Crippen LogP) is 0.384. The summed E-state index contributed by atoms with van der Waals surface area (Å²) in [5.74, 6) is -4.54. The van der Waals surface area contributed by atoms with E-state index in [0.29, 0.717) is 5.56 Å². The fourth-order valence-corrected chi connectivity index (χ4v) is 2.45. The maximum absolute atomic E-state index is 12.7. The molecule has 0 aliphatic heterocycles. The van der Waals surface area contributed by atoms with Crippen LogP contribution in [0.2, 0.25) is 0 Å². The zero-order chi connectivity index (χ0) is 20.4. The summed E-state index contributed by atoms with van der Waals surface area (Å²) >= 11 is 0. The van der Waals surface area contributed by atoms with Crippen LogP contribution in [-0.2, 0) is 38.1 Å². The van der Waals surface area contributed by atoms with E-state index in [1.165, 1.54) is 7.11 Å². The Kier molecular flexibility index (Phi) is 8.94. The van der Waals surface area contributed by atoms with Crippen molar-refractivity contribution >= 4 is 23.8 Å². The van der Waals surface area contributed by atoms with E-state index in [0.717, 1.165) is 21.3 Å². The van der Waals surface area contributed by atoms with E-state index in [-0.39, 0.29) is 0 Å². The van der Waals surface area contributed by atoms with Crippen molar-refractivity contribution in [2.75, 3.05) is 28.4 Å². The molecule has 0 bridgehead atoms. The topological polar surface area (TPSA) is 117 Å². The second-order valence-corrected chi connectivity index (χ2v) is 5.45. The molecular weight excluding hydrogens is 358 g/mol. The minimum absolute atomic E-state index is 0.480. The summed E-state index contributed by atoms with van der Waals surface area (Å²) in [5, 5.41) is 2.41. The van der Waals surface area contributed by atoms with Crippen LogP contribution in [-0.4, -0.2) is 58.3 Å². The molecule has 1 rings (SSSR count). The first kappa shape index (κ1) is 22.1. The molecule has 0 unspecified atom stereocenters. The Morgan fingerprint density at radius 2 is 1.48 bits per heavy atom. The van der Waals surface area contributed by atoms with Crippen molar-refractivity contribution in [2.45, 2.75) is 18.6 Å². The number of rotatable bonds is 9. The fourth-order valence-electron chi connectivity index (χ4n) is 2.45. The number of hydrogen-bond acceptors (Lipinski definition) is 8. The van der Waals surface area contributed by atoms with Gasteiger partial charge in [0, 0.05) is 7.11 Å². The molecule has 0 radical (unpaired) electrons. The molecule has 1 amide bonds. The first-order valence-electron chi connectivity index (χ1n) is 8.00. The smallest absolute Gasteiger partial charge is 0.329 e. The van der Waals surface area contributed by atoms with Gasteiger partial charge in [0.1, 0.15) is 6.04 Å². The number of carbonyl (C=O) groups excluding carboxylic acids is 4. The van der Waals surface area contributed by atoms with Gasteiger partial charge in [0.05, 0.1) is 33.7 Å². The average molecular weight is 381 g/mol. The van der Waals surface area contributed by atoms with Crippen LogP contribution in [0.15, 0.2) is 30.3 Å². The number of amides is 1. The van der Waals surface area contributed by atoms with E-state index in [9.17, 15) is 19.2 Å². The molecule has 0 heterocycles. The van der Waals surface area contributed by atoms with Gasteiger partial charge in [-0.25, -0.2) is 4.79 Å². The van der Waals surface area contributed by atoms with E-state index in [1.807, 2.05) is 0 Å². The maximum Gasteiger partial charge on any atom is 0.329 e. The third kappa shape index (κ3) is 6.07. The lowest BCUT2D eigenvalue weighted by atomic mass is 9.95. The lowest BCUT2D eigenvalue weighted by molar-refractivity contribution is -0.160. The van der Waals surface area contributed by atoms with Crippen molar-refractivity contribution in [3.8, 4) is 0 Å². The molecule has 0 aliphatic carbocycles. The van der Waals surface area contributed by atoms with Crippen LogP contribution in [0.1, 0.15) is 18.1 Å². The second kappa shape index (κ2) is 10.9. The van der Waals surface area contributed by atoms with Gasteiger partial charge < -0.3 is 24.3 Å². The molecule has 1 aromatic rings. The second-order valence-electron chi connectivity index (χ2n) is 5.45. The Labute approximate surface area is 156 Å². The number of methoxy groups -OCH3 is 4. The molecule has 0 aliphatic rings. The Bertz CT molecular complexity index is 661. The summed E-state index contributed by atoms with van der Waals surface area (Å²) in [7, 11) is 4.67. The van der Waals surface area contributed by atoms with Gasteiger partial charge >= 0.3 is 17.9 Å². The molecule has 0 saturated heterocycles. The van der Waals surface area contributed by atoms with Gasteiger partial charge in [-0.2, -0.15) is 0 Å². The van der Waals surface area contributed by atoms with E-state index in [1.54, 1.807) is 30.3 Å². The third-order valence-electron chi connectivity index (χ3n) is 3.85. The summed E-state index contributed by atoms with van der Waals surface area (Å²) in [5.41, 5.74) is 0.545. The van der Waals surface area contributed by atoms with Crippen molar-refractivity contribution in [3.63, 3.8) is 0 Å². The minimum Gasteiger partial charge on any atom is -0.469 e. The van der Waals surface area contributed by atoms with Crippen LogP contribution in [0, 0.1) is 5.92 Å². The van der Waals surface area contributed by atoms with E-state index in [2.05, 4.69) is 19.5 Å². The van der Waals surface area contributed by atoms with Crippen molar-refractivity contribution in [2.24, 2.45) is 5.92 Å². The highest BCUT2D eigenvalue weighted by Crippen LogP contribution is 2.19. The molecular formula is C18H23NO8. The summed E-state index contributed by atoms with van der Waals surface area (Å²) in [6.07, 6.45) is -1.51. The molecule has 0 saturated carbocycles. The van der Waals surface area contributed by atoms with E-state index < -0.39 is 48.3 Å². The highest BCUT2D eigenvalue weighted by molar-refractivity contribution is 5.92. The molecule has 1 aromatic carbocycles. The number of nitrogens with one attached hydrogen (secondary N) is 1. The van der Waals surface area contributed by atoms with E-state index in [4.69, 9.17) is 4.74 Å². The molecule has 27 heavy (non-hydrogen) atoms. The van der Waals surface area contributed by atoms with Gasteiger partial charge in [-0.15, -0.1) is 0 Å². The van der Waals surface area contributed by atoms with Gasteiger partial charge in [-0.1, -0.05) is 30.3 Å². The largest absolute Gasteiger partial charge is 0.469 e. The maximum atomic E-state index is 12.7. The van der Waals surface area contributed by atoms with Gasteiger partial charge in [-0.05, 0) is 5.56 Å². The van der Waals surface area contributed by atoms with Crippen molar-refractivity contribution in [1.29, 1.82) is 0 Å². The molecule has 0 aromatic heterocycles. The number of carbonyl (C=O) groups is 4. The average Bonchev–Trinajstić information content (AvgIpc) is 2.70. The van der Waals surface area contributed by atoms with Crippen molar-refractivity contribution < 1.29 is 38.1 Å². The summed E-state index contributed by atoms with van der Waals surface area (Å²) < 4.78 is 19.1. The SMILES string of the molecule is COC(=O)C[C@@H](C(=O)OC)[C@@H](NC(=O)[C@H](OC)c1ccccc1)C(=O)OC. The Morgan fingerprint density at radius 1 is 0.889 bits per heavy atom. The Hall–Kier alpha value is -2.94. The van der Waals surface area contributed by atoms with Crippen LogP contribution >= 0.6 is 0 Å². The van der Waals surface area contributed by atoms with Gasteiger partial charge in [0.25, 0.3) is 5.91 Å². The monoisotopic (exact) mass is 381 g/mol. The molecule has 9 heteroatoms. The summed E-state index contributed by atoms with van der Waals surface area (Å²) in [6, 6.07) is 7.10. The van der Waals surface area contributed by atoms with Crippen molar-refractivity contribution in [1.82, 2.24) is 5.32 Å². The lowest BCUT2D eigenvalue weighted by Gasteiger charge is -2.25. The highest BCUT2D eigenvalue weighted by Gasteiger charge is 2.39. The molecule has 148 valence electrons. The fraction of sp³-hybridized carbons (Fsp3) is 0.444. The lowest BCUT2D eigenvalue weighted by Crippen LogP contribution is -2.51. The first-order valence-corrected chi connectivity index (χ1v) is 8.00. The van der Waals surface area contributed by atoms with Crippen LogP contribution in [0.4, 0.5) is 0 Å². The number of ether oxygens (including phenoxy) is 4. The number of benzene rings is 1.